The molecule has 1 aliphatic rings. The summed E-state index contributed by atoms with van der Waals surface area (Å²) in [4.78, 5) is 24.2. The van der Waals surface area contributed by atoms with Crippen LogP contribution in [0.15, 0.2) is 41.8 Å². The highest BCUT2D eigenvalue weighted by molar-refractivity contribution is 7.10. The summed E-state index contributed by atoms with van der Waals surface area (Å²) in [6.45, 7) is 0.0904. The lowest BCUT2D eigenvalue weighted by Gasteiger charge is -2.27. The predicted octanol–water partition coefficient (Wildman–Crippen LogP) is 2.22. The van der Waals surface area contributed by atoms with Crippen LogP contribution >= 0.6 is 11.3 Å². The van der Waals surface area contributed by atoms with Gasteiger partial charge in [0, 0.05) is 4.88 Å². The van der Waals surface area contributed by atoms with Crippen LogP contribution in [0.2, 0.25) is 0 Å². The van der Waals surface area contributed by atoms with Gasteiger partial charge >= 0.3 is 5.97 Å². The monoisotopic (exact) mass is 333 g/mol. The van der Waals surface area contributed by atoms with Crippen molar-refractivity contribution in [2.45, 2.75) is 18.6 Å². The molecule has 0 aliphatic carbocycles. The Morgan fingerprint density at radius 3 is 2.74 bits per heavy atom. The zero-order valence-electron chi connectivity index (χ0n) is 12.1. The molecule has 0 bridgehead atoms. The number of fused-ring (bicyclic) bond motifs is 1. The Morgan fingerprint density at radius 2 is 2.04 bits per heavy atom. The van der Waals surface area contributed by atoms with Gasteiger partial charge in [-0.05, 0) is 23.6 Å². The van der Waals surface area contributed by atoms with E-state index in [9.17, 15) is 9.59 Å². The van der Waals surface area contributed by atoms with Crippen molar-refractivity contribution >= 4 is 23.2 Å². The first kappa shape index (κ1) is 15.4. The third kappa shape index (κ3) is 3.62. The molecule has 23 heavy (non-hydrogen) atoms. The number of carbonyl (C=O) groups excluding carboxylic acids is 1. The minimum Gasteiger partial charge on any atom is -0.485 e. The van der Waals surface area contributed by atoms with E-state index in [1.165, 1.54) is 11.3 Å². The maximum atomic E-state index is 12.4. The van der Waals surface area contributed by atoms with Crippen LogP contribution in [-0.2, 0) is 9.59 Å². The van der Waals surface area contributed by atoms with Crippen LogP contribution in [-0.4, -0.2) is 29.7 Å². The summed E-state index contributed by atoms with van der Waals surface area (Å²) < 4.78 is 11.1. The zero-order valence-corrected chi connectivity index (χ0v) is 12.9. The predicted molar refractivity (Wildman–Crippen MR) is 83.8 cm³/mol. The van der Waals surface area contributed by atoms with Crippen molar-refractivity contribution in [1.29, 1.82) is 0 Å². The van der Waals surface area contributed by atoms with Gasteiger partial charge in [-0.2, -0.15) is 0 Å². The second kappa shape index (κ2) is 6.70. The number of ether oxygens (including phenoxy) is 2. The van der Waals surface area contributed by atoms with Crippen LogP contribution in [0.4, 0.5) is 0 Å². The summed E-state index contributed by atoms with van der Waals surface area (Å²) in [6, 6.07) is 10.1. The van der Waals surface area contributed by atoms with Gasteiger partial charge in [0.1, 0.15) is 6.61 Å². The van der Waals surface area contributed by atoms with Crippen LogP contribution in [0, 0.1) is 0 Å². The van der Waals surface area contributed by atoms with Crippen molar-refractivity contribution in [3.63, 3.8) is 0 Å². The summed E-state index contributed by atoms with van der Waals surface area (Å²) in [5.41, 5.74) is 0. The summed E-state index contributed by atoms with van der Waals surface area (Å²) in [5, 5.41) is 13.6. The number of hydrogen-bond acceptors (Lipinski definition) is 5. The molecule has 1 aromatic heterocycles. The number of aliphatic carboxylic acids is 1. The molecule has 1 aliphatic heterocycles. The Hall–Kier alpha value is -2.54. The second-order valence-corrected chi connectivity index (χ2v) is 6.02. The molecule has 1 amide bonds. The molecular formula is C16H15NO5S. The van der Waals surface area contributed by atoms with Gasteiger partial charge in [0.15, 0.2) is 11.5 Å². The molecule has 7 heteroatoms. The average Bonchev–Trinajstić information content (AvgIpc) is 3.07. The number of nitrogens with one attached hydrogen (secondary N) is 1. The van der Waals surface area contributed by atoms with Gasteiger partial charge in [-0.25, -0.2) is 0 Å². The van der Waals surface area contributed by atoms with Gasteiger partial charge in [0.2, 0.25) is 6.10 Å². The molecule has 0 saturated carbocycles. The van der Waals surface area contributed by atoms with Crippen LogP contribution in [0.1, 0.15) is 17.3 Å². The van der Waals surface area contributed by atoms with Crippen molar-refractivity contribution in [2.24, 2.45) is 0 Å². The van der Waals surface area contributed by atoms with E-state index in [-0.39, 0.29) is 18.9 Å². The fraction of sp³-hybridized carbons (Fsp3) is 0.250. The highest BCUT2D eigenvalue weighted by Gasteiger charge is 2.30. The molecule has 2 atom stereocenters. The van der Waals surface area contributed by atoms with Crippen LogP contribution in [0.5, 0.6) is 11.5 Å². The molecule has 0 unspecified atom stereocenters. The topological polar surface area (TPSA) is 84.9 Å². The molecule has 3 rings (SSSR count). The lowest BCUT2D eigenvalue weighted by molar-refractivity contribution is -0.138. The SMILES string of the molecule is O=C(O)C[C@@H](NC(=O)[C@@H]1COc2ccccc2O1)c1cccs1. The first-order chi connectivity index (χ1) is 11.1. The first-order valence-corrected chi connectivity index (χ1v) is 7.95. The van der Waals surface area contributed by atoms with Crippen LogP contribution < -0.4 is 14.8 Å². The first-order valence-electron chi connectivity index (χ1n) is 7.07. The van der Waals surface area contributed by atoms with E-state index >= 15 is 0 Å². The van der Waals surface area contributed by atoms with E-state index in [1.807, 2.05) is 17.5 Å². The smallest absolute Gasteiger partial charge is 0.305 e. The Kier molecular flexibility index (Phi) is 4.47. The number of hydrogen-bond donors (Lipinski definition) is 2. The molecule has 2 N–H and O–H groups in total. The van der Waals surface area contributed by atoms with Crippen molar-refractivity contribution < 1.29 is 24.2 Å². The molecule has 120 valence electrons. The number of carbonyl (C=O) groups is 2. The van der Waals surface area contributed by atoms with Crippen molar-refractivity contribution in [3.8, 4) is 11.5 Å². The van der Waals surface area contributed by atoms with Gasteiger partial charge in [-0.15, -0.1) is 11.3 Å². The number of rotatable bonds is 5. The Morgan fingerprint density at radius 1 is 1.26 bits per heavy atom. The van der Waals surface area contributed by atoms with E-state index < -0.39 is 18.1 Å². The van der Waals surface area contributed by atoms with E-state index in [0.29, 0.717) is 11.5 Å². The quantitative estimate of drug-likeness (QED) is 0.876. The molecule has 2 aromatic rings. The molecule has 0 spiro atoms. The lowest BCUT2D eigenvalue weighted by atomic mass is 10.1. The number of amides is 1. The third-order valence-corrected chi connectivity index (χ3v) is 4.37. The Labute approximate surface area is 136 Å². The van der Waals surface area contributed by atoms with E-state index in [0.717, 1.165) is 4.88 Å². The summed E-state index contributed by atoms with van der Waals surface area (Å²) in [6.07, 6.45) is -0.989. The summed E-state index contributed by atoms with van der Waals surface area (Å²) in [7, 11) is 0. The fourth-order valence-corrected chi connectivity index (χ4v) is 3.08. The van der Waals surface area contributed by atoms with E-state index in [1.54, 1.807) is 24.3 Å². The number of carboxylic acid groups (broad SMARTS) is 1. The molecule has 6 nitrogen and oxygen atoms in total. The normalized spacial score (nSPS) is 17.3. The van der Waals surface area contributed by atoms with Gasteiger partial charge in [-0.1, -0.05) is 18.2 Å². The van der Waals surface area contributed by atoms with E-state index in [2.05, 4.69) is 5.32 Å². The molecular weight excluding hydrogens is 318 g/mol. The lowest BCUT2D eigenvalue weighted by Crippen LogP contribution is -2.45. The third-order valence-electron chi connectivity index (χ3n) is 3.38. The number of benzene rings is 1. The Balaban J connectivity index is 1.69. The number of thiophene rings is 1. The van der Waals surface area contributed by atoms with Crippen molar-refractivity contribution in [2.75, 3.05) is 6.61 Å². The second-order valence-electron chi connectivity index (χ2n) is 5.04. The van der Waals surface area contributed by atoms with Crippen LogP contribution in [0.3, 0.4) is 0 Å². The number of carboxylic acids is 1. The number of para-hydroxylation sites is 2. The highest BCUT2D eigenvalue weighted by atomic mass is 32.1. The van der Waals surface area contributed by atoms with Crippen molar-refractivity contribution in [1.82, 2.24) is 5.32 Å². The Bertz CT molecular complexity index is 700. The average molecular weight is 333 g/mol. The molecule has 0 saturated heterocycles. The summed E-state index contributed by atoms with van der Waals surface area (Å²) >= 11 is 1.40. The van der Waals surface area contributed by atoms with Gasteiger partial charge in [-0.3, -0.25) is 9.59 Å². The van der Waals surface area contributed by atoms with Crippen molar-refractivity contribution in [3.05, 3.63) is 46.7 Å². The van der Waals surface area contributed by atoms with Gasteiger partial charge in [0.05, 0.1) is 12.5 Å². The molecule has 0 radical (unpaired) electrons. The fourth-order valence-electron chi connectivity index (χ4n) is 2.30. The maximum absolute atomic E-state index is 12.4. The highest BCUT2D eigenvalue weighted by Crippen LogP contribution is 2.31. The maximum Gasteiger partial charge on any atom is 0.305 e. The van der Waals surface area contributed by atoms with Gasteiger partial charge < -0.3 is 19.9 Å². The minimum atomic E-state index is -0.977. The standard InChI is InChI=1S/C16H15NO5S/c18-15(19)8-10(14-6-3-7-23-14)17-16(20)13-9-21-11-4-1-2-5-12(11)22-13/h1-7,10,13H,8-9H2,(H,17,20)(H,18,19)/t10-,13+/m1/s1. The molecule has 1 aromatic carbocycles. The summed E-state index contributed by atoms with van der Waals surface area (Å²) in [5.74, 6) is -0.268. The molecule has 0 fully saturated rings. The zero-order chi connectivity index (χ0) is 16.2. The van der Waals surface area contributed by atoms with Crippen LogP contribution in [0.25, 0.3) is 0 Å². The molecule has 2 heterocycles. The van der Waals surface area contributed by atoms with E-state index in [4.69, 9.17) is 14.6 Å². The largest absolute Gasteiger partial charge is 0.485 e. The minimum absolute atomic E-state index is 0.0904. The van der Waals surface area contributed by atoms with Gasteiger partial charge in [0.25, 0.3) is 5.91 Å².